The Morgan fingerprint density at radius 2 is 1.74 bits per heavy atom. The second-order valence-corrected chi connectivity index (χ2v) is 7.75. The zero-order valence-corrected chi connectivity index (χ0v) is 15.7. The molecule has 0 N–H and O–H groups in total. The first kappa shape index (κ1) is 19.3. The Kier molecular flexibility index (Phi) is 4.93. The zero-order chi connectivity index (χ0) is 19.9. The SMILES string of the molecule is CC(c1cc(F)c(F)cc1F)N1c2ccccc2C[C@H]1C(=O)OC(C)(C)C. The minimum Gasteiger partial charge on any atom is -0.458 e. The van der Waals surface area contributed by atoms with Crippen LogP contribution in [0.1, 0.15) is 44.9 Å². The largest absolute Gasteiger partial charge is 0.458 e. The van der Waals surface area contributed by atoms with Gasteiger partial charge in [-0.15, -0.1) is 0 Å². The molecule has 2 aromatic rings. The fraction of sp³-hybridized carbons (Fsp3) is 0.381. The van der Waals surface area contributed by atoms with Gasteiger partial charge in [-0.2, -0.15) is 0 Å². The molecule has 0 aromatic heterocycles. The minimum atomic E-state index is -1.24. The van der Waals surface area contributed by atoms with Gasteiger partial charge in [-0.25, -0.2) is 18.0 Å². The van der Waals surface area contributed by atoms with Crippen molar-refractivity contribution in [1.82, 2.24) is 0 Å². The number of fused-ring (bicyclic) bond motifs is 1. The maximum Gasteiger partial charge on any atom is 0.329 e. The van der Waals surface area contributed by atoms with Crippen molar-refractivity contribution in [2.24, 2.45) is 0 Å². The maximum atomic E-state index is 14.4. The topological polar surface area (TPSA) is 29.5 Å². The van der Waals surface area contributed by atoms with E-state index in [2.05, 4.69) is 0 Å². The lowest BCUT2D eigenvalue weighted by atomic mass is 10.0. The number of ether oxygens (including phenoxy) is 1. The molecule has 0 amide bonds. The van der Waals surface area contributed by atoms with Crippen molar-refractivity contribution in [3.63, 3.8) is 0 Å². The van der Waals surface area contributed by atoms with Gasteiger partial charge in [0, 0.05) is 23.7 Å². The maximum absolute atomic E-state index is 14.4. The number of hydrogen-bond donors (Lipinski definition) is 0. The third-order valence-corrected chi connectivity index (χ3v) is 4.60. The van der Waals surface area contributed by atoms with Gasteiger partial charge in [0.1, 0.15) is 17.5 Å². The zero-order valence-electron chi connectivity index (χ0n) is 15.7. The Morgan fingerprint density at radius 3 is 2.41 bits per heavy atom. The molecule has 1 aliphatic heterocycles. The first-order valence-electron chi connectivity index (χ1n) is 8.82. The number of rotatable bonds is 3. The van der Waals surface area contributed by atoms with E-state index in [1.165, 1.54) is 0 Å². The fourth-order valence-corrected chi connectivity index (χ4v) is 3.46. The number of para-hydroxylation sites is 1. The van der Waals surface area contributed by atoms with E-state index in [-0.39, 0.29) is 5.56 Å². The molecule has 1 aliphatic rings. The highest BCUT2D eigenvalue weighted by Gasteiger charge is 2.40. The van der Waals surface area contributed by atoms with Gasteiger partial charge in [-0.1, -0.05) is 18.2 Å². The summed E-state index contributed by atoms with van der Waals surface area (Å²) in [7, 11) is 0. The molecule has 1 unspecified atom stereocenters. The molecule has 0 saturated carbocycles. The fourth-order valence-electron chi connectivity index (χ4n) is 3.46. The van der Waals surface area contributed by atoms with E-state index < -0.39 is 41.1 Å². The second kappa shape index (κ2) is 6.91. The molecule has 144 valence electrons. The number of hydrogen-bond acceptors (Lipinski definition) is 3. The van der Waals surface area contributed by atoms with Crippen molar-refractivity contribution in [2.45, 2.75) is 51.8 Å². The van der Waals surface area contributed by atoms with Gasteiger partial charge in [0.05, 0.1) is 6.04 Å². The molecule has 3 rings (SSSR count). The Bertz CT molecular complexity index is 876. The molecule has 2 aromatic carbocycles. The predicted octanol–water partition coefficient (Wildman–Crippen LogP) is 4.94. The van der Waals surface area contributed by atoms with Gasteiger partial charge < -0.3 is 9.64 Å². The number of carbonyl (C=O) groups excluding carboxylic acids is 1. The van der Waals surface area contributed by atoms with Gasteiger partial charge in [0.15, 0.2) is 11.6 Å². The van der Waals surface area contributed by atoms with Gasteiger partial charge in [0.25, 0.3) is 0 Å². The van der Waals surface area contributed by atoms with Crippen molar-refractivity contribution in [2.75, 3.05) is 4.90 Å². The molecule has 0 saturated heterocycles. The summed E-state index contributed by atoms with van der Waals surface area (Å²) in [6, 6.07) is 7.41. The Hall–Kier alpha value is -2.50. The average Bonchev–Trinajstić information content (AvgIpc) is 2.95. The van der Waals surface area contributed by atoms with E-state index in [4.69, 9.17) is 4.74 Å². The van der Waals surface area contributed by atoms with E-state index in [1.807, 2.05) is 24.3 Å². The van der Waals surface area contributed by atoms with E-state index in [0.717, 1.165) is 17.3 Å². The Balaban J connectivity index is 2.03. The predicted molar refractivity (Wildman–Crippen MR) is 97.0 cm³/mol. The third kappa shape index (κ3) is 3.80. The lowest BCUT2D eigenvalue weighted by Gasteiger charge is -2.34. The lowest BCUT2D eigenvalue weighted by Crippen LogP contribution is -2.44. The van der Waals surface area contributed by atoms with E-state index in [0.29, 0.717) is 12.5 Å². The molecular formula is C21H22F3NO2. The van der Waals surface area contributed by atoms with Crippen molar-refractivity contribution < 1.29 is 22.7 Å². The molecular weight excluding hydrogens is 355 g/mol. The second-order valence-electron chi connectivity index (χ2n) is 7.75. The van der Waals surface area contributed by atoms with Crippen LogP contribution in [0, 0.1) is 17.5 Å². The van der Waals surface area contributed by atoms with Crippen LogP contribution in [0.25, 0.3) is 0 Å². The summed E-state index contributed by atoms with van der Waals surface area (Å²) < 4.78 is 46.9. The van der Waals surface area contributed by atoms with E-state index in [9.17, 15) is 18.0 Å². The summed E-state index contributed by atoms with van der Waals surface area (Å²) in [5.41, 5.74) is 0.987. The van der Waals surface area contributed by atoms with Crippen LogP contribution in [-0.2, 0) is 16.0 Å². The molecule has 3 nitrogen and oxygen atoms in total. The number of nitrogens with zero attached hydrogens (tertiary/aromatic N) is 1. The lowest BCUT2D eigenvalue weighted by molar-refractivity contribution is -0.156. The summed E-state index contributed by atoms with van der Waals surface area (Å²) in [6.45, 7) is 6.98. The van der Waals surface area contributed by atoms with Crippen LogP contribution in [0.5, 0.6) is 0 Å². The number of halogens is 3. The van der Waals surface area contributed by atoms with Crippen LogP contribution in [0.4, 0.5) is 18.9 Å². The quantitative estimate of drug-likeness (QED) is 0.561. The van der Waals surface area contributed by atoms with Crippen LogP contribution in [-0.4, -0.2) is 17.6 Å². The first-order valence-corrected chi connectivity index (χ1v) is 8.82. The molecule has 1 heterocycles. The highest BCUT2D eigenvalue weighted by atomic mass is 19.2. The van der Waals surface area contributed by atoms with Gasteiger partial charge in [0.2, 0.25) is 0 Å². The summed E-state index contributed by atoms with van der Waals surface area (Å²) in [4.78, 5) is 14.5. The molecule has 0 radical (unpaired) electrons. The molecule has 6 heteroatoms. The number of benzene rings is 2. The number of esters is 1. The Morgan fingerprint density at radius 1 is 1.11 bits per heavy atom. The highest BCUT2D eigenvalue weighted by Crippen LogP contribution is 2.40. The number of carbonyl (C=O) groups is 1. The van der Waals surface area contributed by atoms with Gasteiger partial charge >= 0.3 is 5.97 Å². The molecule has 0 spiro atoms. The smallest absolute Gasteiger partial charge is 0.329 e. The highest BCUT2D eigenvalue weighted by molar-refractivity contribution is 5.84. The van der Waals surface area contributed by atoms with Crippen LogP contribution in [0.3, 0.4) is 0 Å². The van der Waals surface area contributed by atoms with Crippen LogP contribution in [0.15, 0.2) is 36.4 Å². The van der Waals surface area contributed by atoms with E-state index >= 15 is 0 Å². The van der Waals surface area contributed by atoms with Crippen molar-refractivity contribution in [1.29, 1.82) is 0 Å². The summed E-state index contributed by atoms with van der Waals surface area (Å²) in [5.74, 6) is -3.66. The Labute approximate surface area is 156 Å². The van der Waals surface area contributed by atoms with E-state index in [1.54, 1.807) is 32.6 Å². The molecule has 27 heavy (non-hydrogen) atoms. The van der Waals surface area contributed by atoms with Crippen LogP contribution in [0.2, 0.25) is 0 Å². The monoisotopic (exact) mass is 377 g/mol. The minimum absolute atomic E-state index is 0.0147. The first-order chi connectivity index (χ1) is 12.6. The van der Waals surface area contributed by atoms with Crippen LogP contribution < -0.4 is 4.90 Å². The summed E-state index contributed by atoms with van der Waals surface area (Å²) in [6.07, 6.45) is 0.403. The standard InChI is InChI=1S/C21H22F3NO2/c1-12(14-10-16(23)17(24)11-15(14)22)25-18-8-6-5-7-13(18)9-19(25)20(26)27-21(2,3)4/h5-8,10-12,19H,9H2,1-4H3/t12?,19-/m0/s1. The summed E-state index contributed by atoms with van der Waals surface area (Å²) >= 11 is 0. The molecule has 0 fully saturated rings. The normalized spacial score (nSPS) is 17.6. The number of anilines is 1. The molecule has 0 aliphatic carbocycles. The van der Waals surface area contributed by atoms with Crippen molar-refractivity contribution in [3.8, 4) is 0 Å². The third-order valence-electron chi connectivity index (χ3n) is 4.60. The van der Waals surface area contributed by atoms with Crippen LogP contribution >= 0.6 is 0 Å². The van der Waals surface area contributed by atoms with Gasteiger partial charge in [-0.05, 0) is 45.4 Å². The summed E-state index contributed by atoms with van der Waals surface area (Å²) in [5, 5.41) is 0. The molecule has 0 bridgehead atoms. The average molecular weight is 377 g/mol. The van der Waals surface area contributed by atoms with Crippen molar-refractivity contribution in [3.05, 3.63) is 65.0 Å². The molecule has 2 atom stereocenters. The van der Waals surface area contributed by atoms with Gasteiger partial charge in [-0.3, -0.25) is 0 Å². The van der Waals surface area contributed by atoms with Crippen molar-refractivity contribution >= 4 is 11.7 Å².